The molecule has 0 rings (SSSR count). The molecule has 0 saturated heterocycles. The number of nitrogens with one attached hydrogen (secondary N) is 1. The second-order valence-corrected chi connectivity index (χ2v) is 29.4. The molecule has 0 fully saturated rings. The number of likely N-dealkylation sites (N-methyl/N-ethyl adjacent to an activating group) is 1. The molecule has 0 aromatic carbocycles. The zero-order chi connectivity index (χ0) is 66.9. The molecule has 0 aromatic heterocycles. The van der Waals surface area contributed by atoms with E-state index in [0.717, 1.165) is 77.0 Å². The summed E-state index contributed by atoms with van der Waals surface area (Å²) in [5.74, 6) is -0.202. The summed E-state index contributed by atoms with van der Waals surface area (Å²) in [6.45, 7) is 4.56. The second kappa shape index (κ2) is 72.7. The van der Waals surface area contributed by atoms with Gasteiger partial charge in [0.1, 0.15) is 13.2 Å². The van der Waals surface area contributed by atoms with Crippen molar-refractivity contribution < 1.29 is 32.9 Å². The molecule has 0 saturated carbocycles. The SMILES string of the molecule is CC/C=C\C/C=C\C/C=C\C/C=C\C/C=C\C/C=C\CCCCCCCCCCCCCCCCCCCCCCCCC(=O)NC(COP(=O)([O-])OCC[N+](C)(C)C)C(O)/C=C/CC/C=C/CCCCCCCCCCCCCCCCCCCCCCCCC. The standard InChI is InChI=1S/C83H153N2O6P/c1-6-8-10-12-14-16-18-20-22-24-26-28-30-32-34-36-37-38-39-40-41-42-43-44-45-46-47-49-51-53-55-57-59-61-63-65-67-69-71-73-75-77-83(87)84-81(80-91-92(88,89)90-79-78-85(3,4)5)82(86)76-74-72-70-68-66-64-62-60-58-56-54-52-50-48-35-33-31-29-27-25-23-21-19-17-15-13-11-9-7-2/h8,10,14,16,20,22,26,28,32,34,37-38,66,68,74,76,81-82,86H,6-7,9,11-13,15,17-19,21,23-25,27,29-31,33,35-36,39-65,67,69-73,75,77-80H2,1-5H3,(H-,84,87,88,89)/b10-8-,16-14-,22-20-,28-26-,34-32-,38-37-,68-66+,76-74+. The van der Waals surface area contributed by atoms with Crippen LogP contribution in [0.15, 0.2) is 97.2 Å². The van der Waals surface area contributed by atoms with Crippen molar-refractivity contribution in [3.8, 4) is 0 Å². The molecule has 3 atom stereocenters. The molecule has 0 spiro atoms. The van der Waals surface area contributed by atoms with Gasteiger partial charge in [-0.25, -0.2) is 0 Å². The van der Waals surface area contributed by atoms with Crippen molar-refractivity contribution >= 4 is 13.7 Å². The van der Waals surface area contributed by atoms with Gasteiger partial charge in [-0.15, -0.1) is 0 Å². The fourth-order valence-electron chi connectivity index (χ4n) is 11.7. The van der Waals surface area contributed by atoms with Crippen LogP contribution in [-0.2, 0) is 18.4 Å². The lowest BCUT2D eigenvalue weighted by atomic mass is 10.0. The molecule has 92 heavy (non-hydrogen) atoms. The van der Waals surface area contributed by atoms with Gasteiger partial charge >= 0.3 is 0 Å². The fraction of sp³-hybridized carbons (Fsp3) is 0.795. The van der Waals surface area contributed by atoms with Crippen LogP contribution in [0.1, 0.15) is 373 Å². The highest BCUT2D eigenvalue weighted by Crippen LogP contribution is 2.38. The number of hydrogen-bond donors (Lipinski definition) is 2. The molecule has 3 unspecified atom stereocenters. The van der Waals surface area contributed by atoms with E-state index >= 15 is 0 Å². The number of aliphatic hydroxyl groups is 1. The van der Waals surface area contributed by atoms with Gasteiger partial charge in [0.15, 0.2) is 0 Å². The minimum Gasteiger partial charge on any atom is -0.756 e. The van der Waals surface area contributed by atoms with Crippen molar-refractivity contribution in [3.63, 3.8) is 0 Å². The van der Waals surface area contributed by atoms with Crippen LogP contribution < -0.4 is 10.2 Å². The number of amides is 1. The largest absolute Gasteiger partial charge is 0.756 e. The lowest BCUT2D eigenvalue weighted by Crippen LogP contribution is -2.45. The molecule has 0 radical (unpaired) electrons. The Balaban J connectivity index is 3.98. The maximum absolute atomic E-state index is 13.1. The van der Waals surface area contributed by atoms with Gasteiger partial charge in [0.2, 0.25) is 5.91 Å². The number of aliphatic hydroxyl groups excluding tert-OH is 1. The first-order valence-electron chi connectivity index (χ1n) is 39.6. The molecule has 536 valence electrons. The van der Waals surface area contributed by atoms with E-state index in [4.69, 9.17) is 9.05 Å². The third-order valence-electron chi connectivity index (χ3n) is 17.8. The van der Waals surface area contributed by atoms with Gasteiger partial charge in [-0.3, -0.25) is 9.36 Å². The Labute approximate surface area is 572 Å². The Morgan fingerprint density at radius 1 is 0.391 bits per heavy atom. The van der Waals surface area contributed by atoms with Gasteiger partial charge in [0.25, 0.3) is 7.82 Å². The Bertz CT molecular complexity index is 1830. The van der Waals surface area contributed by atoms with Gasteiger partial charge in [-0.2, -0.15) is 0 Å². The maximum Gasteiger partial charge on any atom is 0.268 e. The minimum atomic E-state index is -4.62. The number of unbranched alkanes of at least 4 members (excludes halogenated alkanes) is 46. The molecule has 8 nitrogen and oxygen atoms in total. The van der Waals surface area contributed by atoms with Gasteiger partial charge in [-0.05, 0) is 83.5 Å². The number of hydrogen-bond acceptors (Lipinski definition) is 6. The maximum atomic E-state index is 13.1. The van der Waals surface area contributed by atoms with E-state index in [9.17, 15) is 19.4 Å². The third kappa shape index (κ3) is 74.8. The predicted octanol–water partition coefficient (Wildman–Crippen LogP) is 25.4. The predicted molar refractivity (Wildman–Crippen MR) is 403 cm³/mol. The van der Waals surface area contributed by atoms with Crippen LogP contribution in [0.25, 0.3) is 0 Å². The lowest BCUT2D eigenvalue weighted by molar-refractivity contribution is -0.870. The summed E-state index contributed by atoms with van der Waals surface area (Å²) in [6.07, 6.45) is 106. The smallest absolute Gasteiger partial charge is 0.268 e. The van der Waals surface area contributed by atoms with E-state index < -0.39 is 26.6 Å². The van der Waals surface area contributed by atoms with Crippen LogP contribution in [0, 0.1) is 0 Å². The highest BCUT2D eigenvalue weighted by Gasteiger charge is 2.23. The number of phosphoric ester groups is 1. The average molecular weight is 1310 g/mol. The number of rotatable bonds is 73. The molecule has 0 aliphatic heterocycles. The fourth-order valence-corrected chi connectivity index (χ4v) is 12.4. The molecular weight excluding hydrogens is 1150 g/mol. The molecular formula is C83H153N2O6P. The molecule has 2 N–H and O–H groups in total. The normalized spacial score (nSPS) is 14.0. The van der Waals surface area contributed by atoms with Crippen LogP contribution in [0.5, 0.6) is 0 Å². The Kier molecular flexibility index (Phi) is 70.6. The van der Waals surface area contributed by atoms with E-state index in [1.807, 2.05) is 27.2 Å². The van der Waals surface area contributed by atoms with Crippen LogP contribution in [0.4, 0.5) is 0 Å². The highest BCUT2D eigenvalue weighted by atomic mass is 31.2. The number of quaternary nitrogens is 1. The summed E-state index contributed by atoms with van der Waals surface area (Å²) < 4.78 is 23.5. The number of carbonyl (C=O) groups excluding carboxylic acids is 1. The topological polar surface area (TPSA) is 108 Å². The van der Waals surface area contributed by atoms with Crippen LogP contribution >= 0.6 is 7.82 Å². The summed E-state index contributed by atoms with van der Waals surface area (Å²) in [4.78, 5) is 25.7. The molecule has 0 heterocycles. The van der Waals surface area contributed by atoms with Crippen molar-refractivity contribution in [1.29, 1.82) is 0 Å². The van der Waals surface area contributed by atoms with Crippen LogP contribution in [0.3, 0.4) is 0 Å². The van der Waals surface area contributed by atoms with Gasteiger partial charge < -0.3 is 28.8 Å². The van der Waals surface area contributed by atoms with E-state index in [1.54, 1.807) is 6.08 Å². The van der Waals surface area contributed by atoms with Crippen molar-refractivity contribution in [2.75, 3.05) is 40.9 Å². The summed E-state index contributed by atoms with van der Waals surface area (Å²) in [5, 5.41) is 14.0. The molecule has 9 heteroatoms. The zero-order valence-electron chi connectivity index (χ0n) is 61.5. The average Bonchev–Trinajstić information content (AvgIpc) is 2.63. The van der Waals surface area contributed by atoms with Crippen LogP contribution in [0.2, 0.25) is 0 Å². The number of phosphoric acid groups is 1. The lowest BCUT2D eigenvalue weighted by Gasteiger charge is -2.29. The number of carbonyl (C=O) groups is 1. The first-order chi connectivity index (χ1) is 45.0. The van der Waals surface area contributed by atoms with Gasteiger partial charge in [-0.1, -0.05) is 381 Å². The van der Waals surface area contributed by atoms with Crippen LogP contribution in [-0.4, -0.2) is 68.5 Å². The van der Waals surface area contributed by atoms with Crippen molar-refractivity contribution in [2.24, 2.45) is 0 Å². The Hall–Kier alpha value is -2.58. The van der Waals surface area contributed by atoms with E-state index in [-0.39, 0.29) is 12.5 Å². The first-order valence-corrected chi connectivity index (χ1v) is 41.1. The molecule has 0 aromatic rings. The van der Waals surface area contributed by atoms with Gasteiger partial charge in [0, 0.05) is 6.42 Å². The molecule has 0 aliphatic rings. The summed E-state index contributed by atoms with van der Waals surface area (Å²) in [7, 11) is 1.25. The highest BCUT2D eigenvalue weighted by molar-refractivity contribution is 7.45. The monoisotopic (exact) mass is 1310 g/mol. The zero-order valence-corrected chi connectivity index (χ0v) is 62.4. The molecule has 0 bridgehead atoms. The van der Waals surface area contributed by atoms with Crippen molar-refractivity contribution in [1.82, 2.24) is 5.32 Å². The number of nitrogens with zero attached hydrogens (tertiary/aromatic N) is 1. The Morgan fingerprint density at radius 3 is 1.01 bits per heavy atom. The quantitative estimate of drug-likeness (QED) is 0.0272. The van der Waals surface area contributed by atoms with Crippen molar-refractivity contribution in [3.05, 3.63) is 97.2 Å². The summed E-state index contributed by atoms with van der Waals surface area (Å²) in [6, 6.07) is -0.908. The third-order valence-corrected chi connectivity index (χ3v) is 18.7. The van der Waals surface area contributed by atoms with E-state index in [1.165, 1.54) is 276 Å². The Morgan fingerprint density at radius 2 is 0.674 bits per heavy atom. The van der Waals surface area contributed by atoms with Crippen molar-refractivity contribution in [2.45, 2.75) is 386 Å². The number of allylic oxidation sites excluding steroid dienone is 15. The van der Waals surface area contributed by atoms with E-state index in [0.29, 0.717) is 17.4 Å². The first kappa shape index (κ1) is 89.4. The second-order valence-electron chi connectivity index (χ2n) is 28.0. The molecule has 1 amide bonds. The van der Waals surface area contributed by atoms with E-state index in [2.05, 4.69) is 104 Å². The minimum absolute atomic E-state index is 0.00699. The summed E-state index contributed by atoms with van der Waals surface area (Å²) >= 11 is 0. The molecule has 0 aliphatic carbocycles. The summed E-state index contributed by atoms with van der Waals surface area (Å²) in [5.41, 5.74) is 0. The van der Waals surface area contributed by atoms with Gasteiger partial charge in [0.05, 0.1) is 39.9 Å².